The number of para-hydroxylation sites is 1. The fraction of sp³-hybridized carbons (Fsp3) is 0.182. The second-order valence-electron chi connectivity index (χ2n) is 2.99. The van der Waals surface area contributed by atoms with Gasteiger partial charge >= 0.3 is 0 Å². The van der Waals surface area contributed by atoms with Gasteiger partial charge in [-0.25, -0.2) is 0 Å². The zero-order valence-corrected chi connectivity index (χ0v) is 9.55. The maximum atomic E-state index is 5.73. The van der Waals surface area contributed by atoms with Gasteiger partial charge in [0.1, 0.15) is 5.75 Å². The fourth-order valence-corrected chi connectivity index (χ4v) is 1.67. The van der Waals surface area contributed by atoms with E-state index in [-0.39, 0.29) is 6.10 Å². The van der Waals surface area contributed by atoms with Crippen molar-refractivity contribution < 1.29 is 9.26 Å². The Hall–Kier alpha value is -1.29. The van der Waals surface area contributed by atoms with Crippen LogP contribution in [0.2, 0.25) is 0 Å². The molecule has 0 amide bonds. The zero-order chi connectivity index (χ0) is 10.5. The molecule has 0 saturated carbocycles. The van der Waals surface area contributed by atoms with Crippen molar-refractivity contribution in [1.29, 1.82) is 0 Å². The van der Waals surface area contributed by atoms with E-state index >= 15 is 0 Å². The molecule has 0 bridgehead atoms. The standard InChI is InChI=1S/C11H10BrNO2/c12-8-11(10-6-7-13-15-10)14-9-4-2-1-3-5-9/h1-7,11H,8H2. The maximum Gasteiger partial charge on any atom is 0.178 e. The second kappa shape index (κ2) is 4.98. The zero-order valence-electron chi connectivity index (χ0n) is 7.97. The van der Waals surface area contributed by atoms with Gasteiger partial charge in [-0.2, -0.15) is 0 Å². The minimum atomic E-state index is -0.144. The van der Waals surface area contributed by atoms with Gasteiger partial charge in [0.25, 0.3) is 0 Å². The van der Waals surface area contributed by atoms with Crippen molar-refractivity contribution in [2.45, 2.75) is 6.10 Å². The lowest BCUT2D eigenvalue weighted by atomic mass is 10.3. The van der Waals surface area contributed by atoms with Gasteiger partial charge in [-0.05, 0) is 12.1 Å². The monoisotopic (exact) mass is 267 g/mol. The average Bonchev–Trinajstić information content (AvgIpc) is 2.81. The molecule has 2 rings (SSSR count). The van der Waals surface area contributed by atoms with E-state index in [1.165, 1.54) is 0 Å². The van der Waals surface area contributed by atoms with Crippen molar-refractivity contribution in [3.63, 3.8) is 0 Å². The highest BCUT2D eigenvalue weighted by atomic mass is 79.9. The van der Waals surface area contributed by atoms with Gasteiger partial charge in [0.05, 0.1) is 6.20 Å². The number of hydrogen-bond donors (Lipinski definition) is 0. The first kappa shape index (κ1) is 10.2. The van der Waals surface area contributed by atoms with Gasteiger partial charge in [0.2, 0.25) is 0 Å². The van der Waals surface area contributed by atoms with Crippen LogP contribution < -0.4 is 4.74 Å². The number of aromatic nitrogens is 1. The lowest BCUT2D eigenvalue weighted by Gasteiger charge is -2.13. The molecule has 1 aromatic carbocycles. The predicted octanol–water partition coefficient (Wildman–Crippen LogP) is 3.19. The SMILES string of the molecule is BrCC(Oc1ccccc1)c1ccno1. The Morgan fingerprint density at radius 1 is 1.27 bits per heavy atom. The van der Waals surface area contributed by atoms with E-state index in [2.05, 4.69) is 21.1 Å². The minimum Gasteiger partial charge on any atom is -0.481 e. The van der Waals surface area contributed by atoms with Gasteiger partial charge in [-0.3, -0.25) is 0 Å². The molecule has 0 aliphatic rings. The highest BCUT2D eigenvalue weighted by Crippen LogP contribution is 2.22. The van der Waals surface area contributed by atoms with Crippen molar-refractivity contribution in [1.82, 2.24) is 5.16 Å². The molecule has 1 atom stereocenters. The van der Waals surface area contributed by atoms with E-state index in [1.807, 2.05) is 30.3 Å². The molecule has 0 aliphatic heterocycles. The topological polar surface area (TPSA) is 35.3 Å². The molecule has 0 saturated heterocycles. The van der Waals surface area contributed by atoms with Crippen LogP contribution in [-0.4, -0.2) is 10.5 Å². The predicted molar refractivity (Wildman–Crippen MR) is 60.1 cm³/mol. The lowest BCUT2D eigenvalue weighted by Crippen LogP contribution is -2.07. The van der Waals surface area contributed by atoms with Gasteiger partial charge in [-0.15, -0.1) is 0 Å². The highest BCUT2D eigenvalue weighted by molar-refractivity contribution is 9.09. The third-order valence-corrected chi connectivity index (χ3v) is 2.52. The van der Waals surface area contributed by atoms with Crippen LogP contribution in [0.3, 0.4) is 0 Å². The number of rotatable bonds is 4. The van der Waals surface area contributed by atoms with E-state index < -0.39 is 0 Å². The molecule has 1 heterocycles. The third kappa shape index (κ3) is 2.59. The Labute approximate surface area is 96.2 Å². The number of nitrogens with zero attached hydrogens (tertiary/aromatic N) is 1. The molecular formula is C11H10BrNO2. The summed E-state index contributed by atoms with van der Waals surface area (Å²) in [7, 11) is 0. The number of hydrogen-bond acceptors (Lipinski definition) is 3. The molecule has 0 spiro atoms. The molecular weight excluding hydrogens is 258 g/mol. The van der Waals surface area contributed by atoms with Crippen LogP contribution >= 0.6 is 15.9 Å². The molecule has 78 valence electrons. The van der Waals surface area contributed by atoms with Crippen LogP contribution in [0.25, 0.3) is 0 Å². The molecule has 1 aromatic heterocycles. The first-order valence-corrected chi connectivity index (χ1v) is 5.70. The van der Waals surface area contributed by atoms with Crippen LogP contribution in [0.15, 0.2) is 47.1 Å². The van der Waals surface area contributed by atoms with Crippen LogP contribution in [0.4, 0.5) is 0 Å². The summed E-state index contributed by atoms with van der Waals surface area (Å²) in [4.78, 5) is 0. The van der Waals surface area contributed by atoms with Gasteiger partial charge in [0, 0.05) is 11.4 Å². The second-order valence-corrected chi connectivity index (χ2v) is 3.64. The quantitative estimate of drug-likeness (QED) is 0.799. The van der Waals surface area contributed by atoms with Crippen LogP contribution in [0, 0.1) is 0 Å². The molecule has 4 heteroatoms. The van der Waals surface area contributed by atoms with E-state index in [1.54, 1.807) is 12.3 Å². The van der Waals surface area contributed by atoms with Crippen molar-refractivity contribution in [3.05, 3.63) is 48.4 Å². The fourth-order valence-electron chi connectivity index (χ4n) is 1.22. The number of benzene rings is 1. The number of ether oxygens (including phenoxy) is 1. The third-order valence-electron chi connectivity index (χ3n) is 1.94. The summed E-state index contributed by atoms with van der Waals surface area (Å²) in [5.41, 5.74) is 0. The van der Waals surface area contributed by atoms with Crippen molar-refractivity contribution in [3.8, 4) is 5.75 Å². The van der Waals surface area contributed by atoms with Gasteiger partial charge in [-0.1, -0.05) is 39.3 Å². The van der Waals surface area contributed by atoms with Crippen LogP contribution in [0.5, 0.6) is 5.75 Å². The molecule has 0 aliphatic carbocycles. The largest absolute Gasteiger partial charge is 0.481 e. The Morgan fingerprint density at radius 3 is 2.67 bits per heavy atom. The smallest absolute Gasteiger partial charge is 0.178 e. The lowest BCUT2D eigenvalue weighted by molar-refractivity contribution is 0.187. The summed E-state index contributed by atoms with van der Waals surface area (Å²) in [5.74, 6) is 1.54. The van der Waals surface area contributed by atoms with Gasteiger partial charge in [0.15, 0.2) is 11.9 Å². The summed E-state index contributed by atoms with van der Waals surface area (Å²) in [5, 5.41) is 4.32. The average molecular weight is 268 g/mol. The Balaban J connectivity index is 2.10. The molecule has 2 aromatic rings. The Bertz CT molecular complexity index is 388. The van der Waals surface area contributed by atoms with Crippen LogP contribution in [0.1, 0.15) is 11.9 Å². The summed E-state index contributed by atoms with van der Waals surface area (Å²) in [6.07, 6.45) is 1.47. The summed E-state index contributed by atoms with van der Waals surface area (Å²) in [6.45, 7) is 0. The van der Waals surface area contributed by atoms with E-state index in [9.17, 15) is 0 Å². The normalized spacial score (nSPS) is 12.3. The summed E-state index contributed by atoms with van der Waals surface area (Å²) >= 11 is 3.38. The minimum absolute atomic E-state index is 0.144. The van der Waals surface area contributed by atoms with E-state index in [0.717, 1.165) is 11.5 Å². The highest BCUT2D eigenvalue weighted by Gasteiger charge is 2.15. The Morgan fingerprint density at radius 2 is 2.07 bits per heavy atom. The number of alkyl halides is 1. The summed E-state index contributed by atoms with van der Waals surface area (Å²) in [6, 6.07) is 11.4. The molecule has 1 unspecified atom stereocenters. The molecule has 0 fully saturated rings. The molecule has 0 N–H and O–H groups in total. The maximum absolute atomic E-state index is 5.73. The Kier molecular flexibility index (Phi) is 3.40. The van der Waals surface area contributed by atoms with Gasteiger partial charge < -0.3 is 9.26 Å². The van der Waals surface area contributed by atoms with Crippen molar-refractivity contribution >= 4 is 15.9 Å². The molecule has 15 heavy (non-hydrogen) atoms. The molecule has 0 radical (unpaired) electrons. The first-order chi connectivity index (χ1) is 7.40. The van der Waals surface area contributed by atoms with E-state index in [4.69, 9.17) is 9.26 Å². The first-order valence-electron chi connectivity index (χ1n) is 4.58. The van der Waals surface area contributed by atoms with E-state index in [0.29, 0.717) is 5.33 Å². The summed E-state index contributed by atoms with van der Waals surface area (Å²) < 4.78 is 10.8. The van der Waals surface area contributed by atoms with Crippen molar-refractivity contribution in [2.24, 2.45) is 0 Å². The molecule has 3 nitrogen and oxygen atoms in total. The van der Waals surface area contributed by atoms with Crippen LogP contribution in [-0.2, 0) is 0 Å². The number of halogens is 1. The van der Waals surface area contributed by atoms with Crippen molar-refractivity contribution in [2.75, 3.05) is 5.33 Å².